The fraction of sp³-hybridized carbons (Fsp3) is 0.500. The number of thioether (sulfide) groups is 1. The zero-order chi connectivity index (χ0) is 10.5. The Hall–Kier alpha value is -0.510. The minimum atomic E-state index is 0.531. The number of fused-ring (bicyclic) bond motifs is 1. The third-order valence-electron chi connectivity index (χ3n) is 2.62. The van der Waals surface area contributed by atoms with Crippen molar-refractivity contribution in [2.75, 3.05) is 26.0 Å². The van der Waals surface area contributed by atoms with Gasteiger partial charge in [0.05, 0.1) is 0 Å². The summed E-state index contributed by atoms with van der Waals surface area (Å²) in [5, 5.41) is 3.57. The van der Waals surface area contributed by atoms with Crippen molar-refractivity contribution in [1.29, 1.82) is 0 Å². The van der Waals surface area contributed by atoms with Crippen molar-refractivity contribution in [3.63, 3.8) is 0 Å². The van der Waals surface area contributed by atoms with E-state index in [0.717, 1.165) is 25.3 Å². The van der Waals surface area contributed by atoms with Gasteiger partial charge in [-0.2, -0.15) is 0 Å². The standard InChI is InChI=1S/C12H17NOS/c1-14-8-4-7-13-11-9-15-12-6-3-2-5-10(11)12/h2-3,5-6,11,13H,4,7-9H2,1H3. The highest BCUT2D eigenvalue weighted by Crippen LogP contribution is 2.37. The van der Waals surface area contributed by atoms with E-state index < -0.39 is 0 Å². The minimum Gasteiger partial charge on any atom is -0.385 e. The summed E-state index contributed by atoms with van der Waals surface area (Å²) in [6.07, 6.45) is 1.08. The maximum absolute atomic E-state index is 5.03. The van der Waals surface area contributed by atoms with Gasteiger partial charge in [-0.3, -0.25) is 0 Å². The number of rotatable bonds is 5. The number of hydrogen-bond donors (Lipinski definition) is 1. The van der Waals surface area contributed by atoms with Gasteiger partial charge in [-0.25, -0.2) is 0 Å². The molecule has 1 atom stereocenters. The fourth-order valence-corrected chi connectivity index (χ4v) is 3.02. The van der Waals surface area contributed by atoms with Gasteiger partial charge < -0.3 is 10.1 Å². The van der Waals surface area contributed by atoms with E-state index >= 15 is 0 Å². The molecule has 0 aliphatic carbocycles. The van der Waals surface area contributed by atoms with Gasteiger partial charge >= 0.3 is 0 Å². The van der Waals surface area contributed by atoms with E-state index in [1.807, 2.05) is 11.8 Å². The van der Waals surface area contributed by atoms with E-state index in [0.29, 0.717) is 6.04 Å². The van der Waals surface area contributed by atoms with Gasteiger partial charge in [0.2, 0.25) is 0 Å². The molecule has 2 rings (SSSR count). The van der Waals surface area contributed by atoms with Crippen LogP contribution in [0.3, 0.4) is 0 Å². The Kier molecular flexibility index (Phi) is 4.06. The highest BCUT2D eigenvalue weighted by molar-refractivity contribution is 7.99. The molecule has 0 spiro atoms. The molecular weight excluding hydrogens is 206 g/mol. The summed E-state index contributed by atoms with van der Waals surface area (Å²) in [7, 11) is 1.75. The SMILES string of the molecule is COCCCNC1CSc2ccccc21. The molecule has 0 saturated heterocycles. The van der Waals surface area contributed by atoms with Crippen LogP contribution >= 0.6 is 11.8 Å². The van der Waals surface area contributed by atoms with Crippen LogP contribution in [0.5, 0.6) is 0 Å². The lowest BCUT2D eigenvalue weighted by atomic mass is 10.1. The Morgan fingerprint density at radius 1 is 1.47 bits per heavy atom. The minimum absolute atomic E-state index is 0.531. The molecule has 1 aliphatic rings. The first-order valence-corrected chi connectivity index (χ1v) is 6.34. The molecule has 0 fully saturated rings. The number of methoxy groups -OCH3 is 1. The predicted octanol–water partition coefficient (Wildman–Crippen LogP) is 2.46. The quantitative estimate of drug-likeness (QED) is 0.775. The van der Waals surface area contributed by atoms with E-state index in [1.54, 1.807) is 7.11 Å². The molecule has 0 radical (unpaired) electrons. The Balaban J connectivity index is 1.85. The van der Waals surface area contributed by atoms with Crippen molar-refractivity contribution in [2.45, 2.75) is 17.4 Å². The maximum Gasteiger partial charge on any atom is 0.0474 e. The summed E-state index contributed by atoms with van der Waals surface area (Å²) < 4.78 is 5.03. The van der Waals surface area contributed by atoms with Crippen molar-refractivity contribution in [2.24, 2.45) is 0 Å². The average molecular weight is 223 g/mol. The maximum atomic E-state index is 5.03. The molecule has 0 aromatic heterocycles. The lowest BCUT2D eigenvalue weighted by Gasteiger charge is -2.12. The summed E-state index contributed by atoms with van der Waals surface area (Å²) in [5.41, 5.74) is 1.46. The molecule has 3 heteroatoms. The molecule has 1 unspecified atom stereocenters. The molecule has 82 valence electrons. The predicted molar refractivity (Wildman–Crippen MR) is 64.4 cm³/mol. The van der Waals surface area contributed by atoms with E-state index in [9.17, 15) is 0 Å². The van der Waals surface area contributed by atoms with Gasteiger partial charge in [-0.05, 0) is 24.6 Å². The monoisotopic (exact) mass is 223 g/mol. The average Bonchev–Trinajstić information content (AvgIpc) is 2.68. The van der Waals surface area contributed by atoms with Gasteiger partial charge in [0.15, 0.2) is 0 Å². The molecule has 1 aliphatic heterocycles. The third-order valence-corrected chi connectivity index (χ3v) is 3.80. The lowest BCUT2D eigenvalue weighted by molar-refractivity contribution is 0.193. The molecule has 1 aromatic rings. The van der Waals surface area contributed by atoms with Crippen molar-refractivity contribution >= 4 is 11.8 Å². The van der Waals surface area contributed by atoms with E-state index in [4.69, 9.17) is 4.74 Å². The fourth-order valence-electron chi connectivity index (χ4n) is 1.82. The number of ether oxygens (including phenoxy) is 1. The van der Waals surface area contributed by atoms with Crippen LogP contribution in [0.4, 0.5) is 0 Å². The van der Waals surface area contributed by atoms with Crippen LogP contribution in [-0.2, 0) is 4.74 Å². The molecular formula is C12H17NOS. The molecule has 15 heavy (non-hydrogen) atoms. The van der Waals surface area contributed by atoms with Crippen LogP contribution in [0, 0.1) is 0 Å². The van der Waals surface area contributed by atoms with E-state index in [-0.39, 0.29) is 0 Å². The van der Waals surface area contributed by atoms with Gasteiger partial charge in [-0.1, -0.05) is 18.2 Å². The summed E-state index contributed by atoms with van der Waals surface area (Å²) >= 11 is 1.95. The second-order valence-corrected chi connectivity index (χ2v) is 4.76. The first-order chi connectivity index (χ1) is 7.42. The van der Waals surface area contributed by atoms with Gasteiger partial charge in [-0.15, -0.1) is 11.8 Å². The van der Waals surface area contributed by atoms with E-state index in [1.165, 1.54) is 10.5 Å². The molecule has 1 aromatic carbocycles. The Morgan fingerprint density at radius 3 is 3.20 bits per heavy atom. The summed E-state index contributed by atoms with van der Waals surface area (Å²) in [6, 6.07) is 9.19. The first-order valence-electron chi connectivity index (χ1n) is 5.36. The van der Waals surface area contributed by atoms with Crippen molar-refractivity contribution in [1.82, 2.24) is 5.32 Å². The normalized spacial score (nSPS) is 19.1. The van der Waals surface area contributed by atoms with Gasteiger partial charge in [0.25, 0.3) is 0 Å². The van der Waals surface area contributed by atoms with Crippen LogP contribution < -0.4 is 5.32 Å². The molecule has 0 bridgehead atoms. The van der Waals surface area contributed by atoms with Crippen molar-refractivity contribution in [3.05, 3.63) is 29.8 Å². The van der Waals surface area contributed by atoms with Crippen LogP contribution in [0.25, 0.3) is 0 Å². The van der Waals surface area contributed by atoms with Gasteiger partial charge in [0.1, 0.15) is 0 Å². The van der Waals surface area contributed by atoms with E-state index in [2.05, 4.69) is 29.6 Å². The smallest absolute Gasteiger partial charge is 0.0474 e. The number of benzene rings is 1. The van der Waals surface area contributed by atoms with Crippen molar-refractivity contribution < 1.29 is 4.74 Å². The Morgan fingerprint density at radius 2 is 2.33 bits per heavy atom. The number of hydrogen-bond acceptors (Lipinski definition) is 3. The zero-order valence-corrected chi connectivity index (χ0v) is 9.85. The molecule has 0 amide bonds. The van der Waals surface area contributed by atoms with Gasteiger partial charge in [0, 0.05) is 30.4 Å². The summed E-state index contributed by atoms with van der Waals surface area (Å²) in [4.78, 5) is 1.43. The first kappa shape index (κ1) is 11.0. The lowest BCUT2D eigenvalue weighted by Crippen LogP contribution is -2.23. The summed E-state index contributed by atoms with van der Waals surface area (Å²) in [6.45, 7) is 1.88. The topological polar surface area (TPSA) is 21.3 Å². The van der Waals surface area contributed by atoms with Crippen LogP contribution in [0.1, 0.15) is 18.0 Å². The molecule has 2 nitrogen and oxygen atoms in total. The highest BCUT2D eigenvalue weighted by Gasteiger charge is 2.21. The molecule has 0 saturated carbocycles. The second-order valence-electron chi connectivity index (χ2n) is 3.70. The largest absolute Gasteiger partial charge is 0.385 e. The Labute approximate surface area is 95.4 Å². The molecule has 1 N–H and O–H groups in total. The van der Waals surface area contributed by atoms with Crippen LogP contribution in [0.2, 0.25) is 0 Å². The summed E-state index contributed by atoms with van der Waals surface area (Å²) in [5.74, 6) is 1.16. The zero-order valence-electron chi connectivity index (χ0n) is 9.03. The van der Waals surface area contributed by atoms with Crippen LogP contribution in [-0.4, -0.2) is 26.0 Å². The Bertz CT molecular complexity index is 316. The van der Waals surface area contributed by atoms with Crippen LogP contribution in [0.15, 0.2) is 29.2 Å². The second kappa shape index (κ2) is 5.54. The number of nitrogens with one attached hydrogen (secondary N) is 1. The highest BCUT2D eigenvalue weighted by atomic mass is 32.2. The van der Waals surface area contributed by atoms with Crippen molar-refractivity contribution in [3.8, 4) is 0 Å². The molecule has 1 heterocycles. The third kappa shape index (κ3) is 2.74.